The smallest absolute Gasteiger partial charge is 0.245 e. The highest BCUT2D eigenvalue weighted by molar-refractivity contribution is 5.80. The van der Waals surface area contributed by atoms with E-state index in [1.807, 2.05) is 66.3 Å². The van der Waals surface area contributed by atoms with Crippen molar-refractivity contribution < 1.29 is 9.90 Å². The maximum absolute atomic E-state index is 12.8. The monoisotopic (exact) mass is 300 g/mol. The highest BCUT2D eigenvalue weighted by Gasteiger charge is 2.26. The quantitative estimate of drug-likeness (QED) is 0.891. The summed E-state index contributed by atoms with van der Waals surface area (Å²) >= 11 is 0. The molecule has 1 aromatic carbocycles. The lowest BCUT2D eigenvalue weighted by Crippen LogP contribution is -2.44. The third kappa shape index (κ3) is 4.46. The van der Waals surface area contributed by atoms with Gasteiger partial charge in [0.1, 0.15) is 6.04 Å². The molecule has 0 aliphatic rings. The largest absolute Gasteiger partial charge is 0.389 e. The molecule has 4 heteroatoms. The second kappa shape index (κ2) is 6.79. The summed E-state index contributed by atoms with van der Waals surface area (Å²) in [6.45, 7) is 6.11. The average molecular weight is 300 g/mol. The molecule has 0 aliphatic heterocycles. The summed E-state index contributed by atoms with van der Waals surface area (Å²) in [4.78, 5) is 14.5. The van der Waals surface area contributed by atoms with Crippen molar-refractivity contribution in [2.75, 3.05) is 6.54 Å². The van der Waals surface area contributed by atoms with Gasteiger partial charge in [-0.15, -0.1) is 0 Å². The summed E-state index contributed by atoms with van der Waals surface area (Å²) in [5, 5.41) is 10.1. The molecule has 0 spiro atoms. The number of aromatic nitrogens is 1. The Morgan fingerprint density at radius 1 is 1.18 bits per heavy atom. The number of amides is 1. The predicted molar refractivity (Wildman–Crippen MR) is 87.3 cm³/mol. The summed E-state index contributed by atoms with van der Waals surface area (Å²) in [7, 11) is 0. The number of carbonyl (C=O) groups is 1. The molecule has 0 radical (unpaired) electrons. The summed E-state index contributed by atoms with van der Waals surface area (Å²) in [6, 6.07) is 13.4. The molecule has 2 aromatic rings. The van der Waals surface area contributed by atoms with Gasteiger partial charge in [-0.1, -0.05) is 30.3 Å². The molecule has 0 saturated carbocycles. The number of nitrogens with zero attached hydrogens (tertiary/aromatic N) is 2. The molecule has 22 heavy (non-hydrogen) atoms. The van der Waals surface area contributed by atoms with E-state index in [-0.39, 0.29) is 11.9 Å². The van der Waals surface area contributed by atoms with Crippen LogP contribution in [-0.2, 0) is 11.3 Å². The maximum atomic E-state index is 12.8. The van der Waals surface area contributed by atoms with Crippen LogP contribution in [-0.4, -0.2) is 32.6 Å². The SMILES string of the molecule is CC(C(=O)N(Cc1ccccc1)CC(C)(C)O)n1cccc1. The van der Waals surface area contributed by atoms with E-state index in [1.54, 1.807) is 18.7 Å². The predicted octanol–water partition coefficient (Wildman–Crippen LogP) is 2.85. The number of aliphatic hydroxyl groups is 1. The fourth-order valence-corrected chi connectivity index (χ4v) is 2.48. The van der Waals surface area contributed by atoms with Crippen LogP contribution in [0.25, 0.3) is 0 Å². The van der Waals surface area contributed by atoms with Crippen LogP contribution in [0.4, 0.5) is 0 Å². The Morgan fingerprint density at radius 2 is 1.77 bits per heavy atom. The zero-order valence-corrected chi connectivity index (χ0v) is 13.4. The van der Waals surface area contributed by atoms with Crippen molar-refractivity contribution in [1.82, 2.24) is 9.47 Å². The first-order valence-electron chi connectivity index (χ1n) is 7.54. The minimum atomic E-state index is -0.930. The molecule has 2 rings (SSSR count). The van der Waals surface area contributed by atoms with Gasteiger partial charge in [0.2, 0.25) is 5.91 Å². The Bertz CT molecular complexity index is 585. The molecule has 0 aliphatic carbocycles. The minimum absolute atomic E-state index is 0.00202. The van der Waals surface area contributed by atoms with Gasteiger partial charge in [-0.05, 0) is 38.5 Å². The Kier molecular flexibility index (Phi) is 5.03. The van der Waals surface area contributed by atoms with E-state index in [4.69, 9.17) is 0 Å². The molecule has 1 heterocycles. The Balaban J connectivity index is 2.18. The van der Waals surface area contributed by atoms with E-state index in [1.165, 1.54) is 0 Å². The molecular formula is C18H24N2O2. The van der Waals surface area contributed by atoms with Gasteiger partial charge in [0.25, 0.3) is 0 Å². The molecule has 1 N–H and O–H groups in total. The number of carbonyl (C=O) groups excluding carboxylic acids is 1. The molecule has 118 valence electrons. The van der Waals surface area contributed by atoms with Crippen LogP contribution in [0, 0.1) is 0 Å². The van der Waals surface area contributed by atoms with Gasteiger partial charge < -0.3 is 14.6 Å². The molecular weight excluding hydrogens is 276 g/mol. The standard InChI is InChI=1S/C18H24N2O2/c1-15(19-11-7-8-12-19)17(21)20(14-18(2,3)22)13-16-9-5-4-6-10-16/h4-12,15,22H,13-14H2,1-3H3. The van der Waals surface area contributed by atoms with Gasteiger partial charge in [-0.25, -0.2) is 0 Å². The van der Waals surface area contributed by atoms with Crippen LogP contribution in [0.1, 0.15) is 32.4 Å². The lowest BCUT2D eigenvalue weighted by Gasteiger charge is -2.31. The van der Waals surface area contributed by atoms with E-state index in [9.17, 15) is 9.90 Å². The highest BCUT2D eigenvalue weighted by atomic mass is 16.3. The van der Waals surface area contributed by atoms with Crippen LogP contribution in [0.5, 0.6) is 0 Å². The van der Waals surface area contributed by atoms with Crippen molar-refractivity contribution in [1.29, 1.82) is 0 Å². The van der Waals surface area contributed by atoms with E-state index >= 15 is 0 Å². The topological polar surface area (TPSA) is 45.5 Å². The number of hydrogen-bond donors (Lipinski definition) is 1. The molecule has 1 amide bonds. The first kappa shape index (κ1) is 16.3. The Labute approximate surface area is 132 Å². The maximum Gasteiger partial charge on any atom is 0.245 e. The second-order valence-corrected chi connectivity index (χ2v) is 6.30. The first-order valence-corrected chi connectivity index (χ1v) is 7.54. The summed E-state index contributed by atoms with van der Waals surface area (Å²) in [6.07, 6.45) is 3.76. The molecule has 0 bridgehead atoms. The van der Waals surface area contributed by atoms with Crippen LogP contribution >= 0.6 is 0 Å². The Hall–Kier alpha value is -2.07. The Morgan fingerprint density at radius 3 is 2.32 bits per heavy atom. The number of rotatable bonds is 6. The van der Waals surface area contributed by atoms with Gasteiger partial charge in [0.05, 0.1) is 5.60 Å². The minimum Gasteiger partial charge on any atom is -0.389 e. The van der Waals surface area contributed by atoms with E-state index in [0.717, 1.165) is 5.56 Å². The summed E-state index contributed by atoms with van der Waals surface area (Å²) in [5.74, 6) is 0.00202. The zero-order valence-electron chi connectivity index (χ0n) is 13.4. The summed E-state index contributed by atoms with van der Waals surface area (Å²) < 4.78 is 1.88. The lowest BCUT2D eigenvalue weighted by molar-refractivity contribution is -0.138. The first-order chi connectivity index (χ1) is 10.4. The molecule has 1 unspecified atom stereocenters. The van der Waals surface area contributed by atoms with Gasteiger partial charge in [0.15, 0.2) is 0 Å². The average Bonchev–Trinajstić information content (AvgIpc) is 2.99. The van der Waals surface area contributed by atoms with E-state index in [2.05, 4.69) is 0 Å². The number of benzene rings is 1. The molecule has 0 fully saturated rings. The van der Waals surface area contributed by atoms with Crippen LogP contribution in [0.2, 0.25) is 0 Å². The third-order valence-electron chi connectivity index (χ3n) is 3.54. The fourth-order valence-electron chi connectivity index (χ4n) is 2.48. The third-order valence-corrected chi connectivity index (χ3v) is 3.54. The lowest BCUT2D eigenvalue weighted by atomic mass is 10.1. The van der Waals surface area contributed by atoms with Crippen molar-refractivity contribution >= 4 is 5.91 Å². The van der Waals surface area contributed by atoms with Crippen molar-refractivity contribution in [2.24, 2.45) is 0 Å². The van der Waals surface area contributed by atoms with Crippen molar-refractivity contribution in [2.45, 2.75) is 39.0 Å². The van der Waals surface area contributed by atoms with Gasteiger partial charge in [0, 0.05) is 25.5 Å². The van der Waals surface area contributed by atoms with Crippen LogP contribution in [0.15, 0.2) is 54.9 Å². The van der Waals surface area contributed by atoms with E-state index in [0.29, 0.717) is 13.1 Å². The van der Waals surface area contributed by atoms with Gasteiger partial charge >= 0.3 is 0 Å². The normalized spacial score (nSPS) is 12.9. The fraction of sp³-hybridized carbons (Fsp3) is 0.389. The molecule has 4 nitrogen and oxygen atoms in total. The van der Waals surface area contributed by atoms with Crippen molar-refractivity contribution in [3.05, 3.63) is 60.4 Å². The number of hydrogen-bond acceptors (Lipinski definition) is 2. The van der Waals surface area contributed by atoms with Crippen molar-refractivity contribution in [3.8, 4) is 0 Å². The van der Waals surface area contributed by atoms with Crippen molar-refractivity contribution in [3.63, 3.8) is 0 Å². The molecule has 1 atom stereocenters. The highest BCUT2D eigenvalue weighted by Crippen LogP contribution is 2.16. The second-order valence-electron chi connectivity index (χ2n) is 6.30. The zero-order chi connectivity index (χ0) is 16.2. The molecule has 0 saturated heterocycles. The summed E-state index contributed by atoms with van der Waals surface area (Å²) in [5.41, 5.74) is 0.126. The van der Waals surface area contributed by atoms with Crippen LogP contribution < -0.4 is 0 Å². The van der Waals surface area contributed by atoms with Gasteiger partial charge in [-0.3, -0.25) is 4.79 Å². The van der Waals surface area contributed by atoms with E-state index < -0.39 is 5.60 Å². The van der Waals surface area contributed by atoms with Crippen LogP contribution in [0.3, 0.4) is 0 Å². The molecule has 1 aromatic heterocycles. The van der Waals surface area contributed by atoms with Gasteiger partial charge in [-0.2, -0.15) is 0 Å².